The highest BCUT2D eigenvalue weighted by molar-refractivity contribution is 7.89. The summed E-state index contributed by atoms with van der Waals surface area (Å²) in [4.78, 5) is 4.59. The number of aryl methyl sites for hydroxylation is 1. The molecule has 1 saturated heterocycles. The van der Waals surface area contributed by atoms with Gasteiger partial charge in [-0.05, 0) is 66.6 Å². The molecule has 0 bridgehead atoms. The average molecular weight is 400 g/mol. The summed E-state index contributed by atoms with van der Waals surface area (Å²) in [5.74, 6) is 0.565. The van der Waals surface area contributed by atoms with Gasteiger partial charge in [-0.15, -0.1) is 0 Å². The fourth-order valence-electron chi connectivity index (χ4n) is 4.34. The summed E-state index contributed by atoms with van der Waals surface area (Å²) in [5.41, 5.74) is 12.1. The number of nitrogens with two attached hydrogens (primary N) is 1. The van der Waals surface area contributed by atoms with Crippen molar-refractivity contribution in [3.8, 4) is 11.1 Å². The first-order chi connectivity index (χ1) is 13.3. The molecule has 0 amide bonds. The third kappa shape index (κ3) is 2.94. The number of sulfonamides is 1. The van der Waals surface area contributed by atoms with Gasteiger partial charge in [-0.25, -0.2) is 8.42 Å². The molecule has 0 radical (unpaired) electrons. The molecular weight excluding hydrogens is 374 g/mol. The van der Waals surface area contributed by atoms with E-state index in [1.165, 1.54) is 4.31 Å². The van der Waals surface area contributed by atoms with Crippen LogP contribution in [0.3, 0.4) is 0 Å². The average Bonchev–Trinajstić information content (AvgIpc) is 3.30. The van der Waals surface area contributed by atoms with Crippen molar-refractivity contribution in [1.82, 2.24) is 4.31 Å². The van der Waals surface area contributed by atoms with Crippen LogP contribution in [0.15, 0.2) is 40.2 Å². The van der Waals surface area contributed by atoms with Crippen LogP contribution in [0, 0.1) is 13.8 Å². The molecule has 2 heterocycles. The molecule has 3 N–H and O–H groups in total. The summed E-state index contributed by atoms with van der Waals surface area (Å²) in [6.45, 7) is 4.87. The maximum Gasteiger partial charge on any atom is 0.243 e. The second-order valence-electron chi connectivity index (χ2n) is 7.54. The highest BCUT2D eigenvalue weighted by atomic mass is 32.2. The highest BCUT2D eigenvalue weighted by Gasteiger charge is 2.35. The van der Waals surface area contributed by atoms with Gasteiger partial charge in [0, 0.05) is 18.2 Å². The predicted octanol–water partition coefficient (Wildman–Crippen LogP) is 2.33. The van der Waals surface area contributed by atoms with Crippen LogP contribution in [0.25, 0.3) is 11.1 Å². The van der Waals surface area contributed by atoms with E-state index in [0.717, 1.165) is 39.8 Å². The number of fused-ring (bicyclic) bond motifs is 1. The minimum absolute atomic E-state index is 0.145. The van der Waals surface area contributed by atoms with Crippen molar-refractivity contribution < 1.29 is 13.5 Å². The van der Waals surface area contributed by atoms with Crippen LogP contribution < -0.4 is 5.73 Å². The summed E-state index contributed by atoms with van der Waals surface area (Å²) in [6.07, 6.45) is 1.48. The lowest BCUT2D eigenvalue weighted by Crippen LogP contribution is -2.37. The van der Waals surface area contributed by atoms with E-state index in [0.29, 0.717) is 25.3 Å². The van der Waals surface area contributed by atoms with Crippen LogP contribution in [0.4, 0.5) is 0 Å². The Bertz CT molecular complexity index is 1080. The van der Waals surface area contributed by atoms with E-state index in [4.69, 9.17) is 5.73 Å². The van der Waals surface area contributed by atoms with E-state index >= 15 is 0 Å². The molecule has 148 valence electrons. The highest BCUT2D eigenvalue weighted by Crippen LogP contribution is 2.34. The molecule has 7 heteroatoms. The van der Waals surface area contributed by atoms with Gasteiger partial charge in [0.15, 0.2) is 0 Å². The van der Waals surface area contributed by atoms with Gasteiger partial charge in [-0.3, -0.25) is 4.99 Å². The fourth-order valence-corrected chi connectivity index (χ4v) is 6.11. The minimum atomic E-state index is -3.62. The first-order valence-electron chi connectivity index (χ1n) is 9.51. The number of aliphatic imine (C=N–C) groups is 1. The molecule has 2 aromatic rings. The smallest absolute Gasteiger partial charge is 0.243 e. The number of hydrogen-bond donors (Lipinski definition) is 2. The standard InChI is InChI=1S/C21H25N3O3S/c1-13-10-17(28(26,27)24-9-3-4-16(24)12-25)6-8-18(13)19-7-5-15-11-23-21(22)20(15)14(19)2/h5-8,10,16,25H,3-4,9,11-12H2,1-2H3,(H2,22,23)/t16-/m1/s1. The van der Waals surface area contributed by atoms with E-state index in [1.807, 2.05) is 26.0 Å². The fraction of sp³-hybridized carbons (Fsp3) is 0.381. The molecule has 0 aromatic heterocycles. The molecule has 0 aliphatic carbocycles. The van der Waals surface area contributed by atoms with E-state index < -0.39 is 10.0 Å². The van der Waals surface area contributed by atoms with Crippen molar-refractivity contribution >= 4 is 15.9 Å². The largest absolute Gasteiger partial charge is 0.395 e. The molecule has 0 saturated carbocycles. The summed E-state index contributed by atoms with van der Waals surface area (Å²) in [7, 11) is -3.62. The van der Waals surface area contributed by atoms with Gasteiger partial charge in [0.25, 0.3) is 0 Å². The number of nitrogens with zero attached hydrogens (tertiary/aromatic N) is 2. The van der Waals surface area contributed by atoms with Gasteiger partial charge in [0.1, 0.15) is 5.84 Å². The number of hydrogen-bond acceptors (Lipinski definition) is 5. The molecule has 2 aromatic carbocycles. The Kier molecular flexibility index (Phi) is 4.77. The topological polar surface area (TPSA) is 96.0 Å². The number of aliphatic hydroxyl groups is 1. The van der Waals surface area contributed by atoms with Crippen molar-refractivity contribution in [2.75, 3.05) is 13.2 Å². The third-order valence-corrected chi connectivity index (χ3v) is 7.80. The van der Waals surface area contributed by atoms with E-state index in [-0.39, 0.29) is 17.5 Å². The van der Waals surface area contributed by atoms with E-state index in [2.05, 4.69) is 11.1 Å². The van der Waals surface area contributed by atoms with Crippen LogP contribution in [-0.2, 0) is 16.6 Å². The lowest BCUT2D eigenvalue weighted by molar-refractivity contribution is 0.213. The molecular formula is C21H25N3O3S. The zero-order valence-electron chi connectivity index (χ0n) is 16.1. The zero-order chi connectivity index (χ0) is 20.1. The number of benzene rings is 2. The summed E-state index contributed by atoms with van der Waals surface area (Å²) < 4.78 is 27.5. The second-order valence-corrected chi connectivity index (χ2v) is 9.44. The lowest BCUT2D eigenvalue weighted by atomic mass is 9.91. The molecule has 2 aliphatic heterocycles. The molecule has 0 unspecified atom stereocenters. The summed E-state index contributed by atoms with van der Waals surface area (Å²) in [6, 6.07) is 9.02. The van der Waals surface area contributed by atoms with Crippen LogP contribution in [0.2, 0.25) is 0 Å². The van der Waals surface area contributed by atoms with Crippen molar-refractivity contribution in [3.63, 3.8) is 0 Å². The van der Waals surface area contributed by atoms with Crippen LogP contribution in [0.5, 0.6) is 0 Å². The minimum Gasteiger partial charge on any atom is -0.395 e. The quantitative estimate of drug-likeness (QED) is 0.825. The van der Waals surface area contributed by atoms with Crippen molar-refractivity contribution in [3.05, 3.63) is 52.6 Å². The number of amidine groups is 1. The van der Waals surface area contributed by atoms with Crippen molar-refractivity contribution in [1.29, 1.82) is 0 Å². The van der Waals surface area contributed by atoms with Gasteiger partial charge in [-0.2, -0.15) is 4.31 Å². The van der Waals surface area contributed by atoms with E-state index in [1.54, 1.807) is 12.1 Å². The molecule has 6 nitrogen and oxygen atoms in total. The van der Waals surface area contributed by atoms with Gasteiger partial charge >= 0.3 is 0 Å². The normalized spacial score (nSPS) is 19.7. The molecule has 1 fully saturated rings. The molecule has 28 heavy (non-hydrogen) atoms. The predicted molar refractivity (Wildman–Crippen MR) is 110 cm³/mol. The number of aliphatic hydroxyl groups excluding tert-OH is 1. The molecule has 4 rings (SSSR count). The Morgan fingerprint density at radius 1 is 1.21 bits per heavy atom. The zero-order valence-corrected chi connectivity index (χ0v) is 17.0. The van der Waals surface area contributed by atoms with Crippen molar-refractivity contribution in [2.24, 2.45) is 10.7 Å². The monoisotopic (exact) mass is 399 g/mol. The number of rotatable bonds is 4. The van der Waals surface area contributed by atoms with Gasteiger partial charge < -0.3 is 10.8 Å². The Morgan fingerprint density at radius 2 is 1.96 bits per heavy atom. The first kappa shape index (κ1) is 19.1. The Balaban J connectivity index is 1.74. The van der Waals surface area contributed by atoms with Crippen molar-refractivity contribution in [2.45, 2.75) is 44.2 Å². The summed E-state index contributed by atoms with van der Waals surface area (Å²) in [5, 5.41) is 9.50. The third-order valence-electron chi connectivity index (χ3n) is 5.86. The van der Waals surface area contributed by atoms with Gasteiger partial charge in [0.05, 0.1) is 18.0 Å². The molecule has 2 aliphatic rings. The molecule has 1 atom stereocenters. The first-order valence-corrected chi connectivity index (χ1v) is 10.9. The SMILES string of the molecule is Cc1cc(S(=O)(=O)N2CCC[C@@H]2CO)ccc1-c1ccc2c(c1C)C(N)=NC2. The Labute approximate surface area is 165 Å². The van der Waals surface area contributed by atoms with Crippen LogP contribution >= 0.6 is 0 Å². The summed E-state index contributed by atoms with van der Waals surface area (Å²) >= 11 is 0. The Hall–Kier alpha value is -2.22. The van der Waals surface area contributed by atoms with Crippen LogP contribution in [-0.4, -0.2) is 42.9 Å². The van der Waals surface area contributed by atoms with Crippen LogP contribution in [0.1, 0.15) is 35.1 Å². The Morgan fingerprint density at radius 3 is 2.68 bits per heavy atom. The van der Waals surface area contributed by atoms with Gasteiger partial charge in [0.2, 0.25) is 10.0 Å². The lowest BCUT2D eigenvalue weighted by Gasteiger charge is -2.23. The van der Waals surface area contributed by atoms with E-state index in [9.17, 15) is 13.5 Å². The van der Waals surface area contributed by atoms with Gasteiger partial charge in [-0.1, -0.05) is 18.2 Å². The second kappa shape index (κ2) is 6.99. The molecule has 0 spiro atoms. The maximum atomic E-state index is 13.0. The maximum absolute atomic E-state index is 13.0.